The number of benzene rings is 1. The van der Waals surface area contributed by atoms with Crippen LogP contribution >= 0.6 is 11.6 Å². The van der Waals surface area contributed by atoms with Crippen LogP contribution in [0.2, 0.25) is 5.02 Å². The molecule has 7 heteroatoms. The third kappa shape index (κ3) is 3.71. The maximum atomic E-state index is 12.3. The zero-order chi connectivity index (χ0) is 14.8. The summed E-state index contributed by atoms with van der Waals surface area (Å²) >= 11 is 5.76. The number of carboxylic acid groups (broad SMARTS) is 1. The van der Waals surface area contributed by atoms with Gasteiger partial charge >= 0.3 is 5.97 Å². The van der Waals surface area contributed by atoms with Gasteiger partial charge in [-0.05, 0) is 30.5 Å². The van der Waals surface area contributed by atoms with E-state index in [-0.39, 0.29) is 12.3 Å². The summed E-state index contributed by atoms with van der Waals surface area (Å²) in [5.74, 6) is -1.67. The average Bonchev–Trinajstić information content (AvgIpc) is 2.41. The van der Waals surface area contributed by atoms with Gasteiger partial charge in [0.15, 0.2) is 0 Å². The highest BCUT2D eigenvalue weighted by molar-refractivity contribution is 7.88. The number of sulfonamides is 1. The molecule has 20 heavy (non-hydrogen) atoms. The summed E-state index contributed by atoms with van der Waals surface area (Å²) in [5, 5.41) is 9.56. The third-order valence-electron chi connectivity index (χ3n) is 3.39. The maximum absolute atomic E-state index is 12.3. The highest BCUT2D eigenvalue weighted by atomic mass is 35.5. The Hall–Kier alpha value is -1.11. The van der Waals surface area contributed by atoms with E-state index in [0.29, 0.717) is 30.0 Å². The monoisotopic (exact) mass is 317 g/mol. The van der Waals surface area contributed by atoms with Crippen molar-refractivity contribution in [3.8, 4) is 0 Å². The molecule has 0 saturated carbocycles. The minimum atomic E-state index is -3.49. The molecule has 1 aromatic rings. The first kappa shape index (κ1) is 15.3. The van der Waals surface area contributed by atoms with Crippen molar-refractivity contribution in [1.29, 1.82) is 0 Å². The second-order valence-corrected chi connectivity index (χ2v) is 7.32. The number of carbonyl (C=O) groups is 1. The van der Waals surface area contributed by atoms with Crippen LogP contribution in [-0.4, -0.2) is 36.9 Å². The molecule has 0 aliphatic carbocycles. The molecule has 1 aliphatic rings. The number of hydrogen-bond acceptors (Lipinski definition) is 3. The Labute approximate surface area is 123 Å². The van der Waals surface area contributed by atoms with Gasteiger partial charge in [0.05, 0.1) is 11.7 Å². The van der Waals surface area contributed by atoms with Crippen LogP contribution in [0.25, 0.3) is 0 Å². The summed E-state index contributed by atoms with van der Waals surface area (Å²) in [7, 11) is -3.49. The zero-order valence-corrected chi connectivity index (χ0v) is 12.4. The molecular weight excluding hydrogens is 302 g/mol. The van der Waals surface area contributed by atoms with Crippen molar-refractivity contribution in [3.63, 3.8) is 0 Å². The number of halogens is 1. The SMILES string of the molecule is O=C(O)[C@H]1CCCN(S(=O)(=O)Cc2ccc(Cl)cc2)C1. The molecule has 2 rings (SSSR count). The second-order valence-electron chi connectivity index (χ2n) is 4.92. The Morgan fingerprint density at radius 1 is 1.35 bits per heavy atom. The van der Waals surface area contributed by atoms with Crippen molar-refractivity contribution in [2.45, 2.75) is 18.6 Å². The van der Waals surface area contributed by atoms with Gasteiger partial charge in [-0.15, -0.1) is 0 Å². The molecule has 1 fully saturated rings. The third-order valence-corrected chi connectivity index (χ3v) is 5.46. The van der Waals surface area contributed by atoms with Crippen molar-refractivity contribution >= 4 is 27.6 Å². The van der Waals surface area contributed by atoms with E-state index < -0.39 is 21.9 Å². The molecule has 0 radical (unpaired) electrons. The second kappa shape index (κ2) is 6.11. The molecule has 1 saturated heterocycles. The van der Waals surface area contributed by atoms with E-state index in [1.54, 1.807) is 24.3 Å². The Kier molecular flexibility index (Phi) is 4.67. The quantitative estimate of drug-likeness (QED) is 0.921. The summed E-state index contributed by atoms with van der Waals surface area (Å²) in [6, 6.07) is 6.61. The maximum Gasteiger partial charge on any atom is 0.307 e. The van der Waals surface area contributed by atoms with Gasteiger partial charge < -0.3 is 5.11 Å². The molecule has 1 heterocycles. The first-order chi connectivity index (χ1) is 9.38. The van der Waals surface area contributed by atoms with Crippen LogP contribution in [0.1, 0.15) is 18.4 Å². The van der Waals surface area contributed by atoms with E-state index in [1.165, 1.54) is 4.31 Å². The molecule has 1 atom stereocenters. The molecule has 0 spiro atoms. The standard InChI is InChI=1S/C13H16ClNO4S/c14-12-5-3-10(4-6-12)9-20(18,19)15-7-1-2-11(8-15)13(16)17/h3-6,11H,1-2,7-9H2,(H,16,17)/t11-/m0/s1. The van der Waals surface area contributed by atoms with E-state index in [9.17, 15) is 13.2 Å². The van der Waals surface area contributed by atoms with E-state index in [2.05, 4.69) is 0 Å². The molecule has 1 N–H and O–H groups in total. The lowest BCUT2D eigenvalue weighted by Crippen LogP contribution is -2.42. The van der Waals surface area contributed by atoms with E-state index in [1.807, 2.05) is 0 Å². The molecule has 5 nitrogen and oxygen atoms in total. The topological polar surface area (TPSA) is 74.7 Å². The van der Waals surface area contributed by atoms with E-state index in [0.717, 1.165) is 0 Å². The predicted molar refractivity (Wildman–Crippen MR) is 76.0 cm³/mol. The average molecular weight is 318 g/mol. The summed E-state index contributed by atoms with van der Waals surface area (Å²) < 4.78 is 25.9. The number of hydrogen-bond donors (Lipinski definition) is 1. The van der Waals surface area contributed by atoms with Crippen LogP contribution in [0, 0.1) is 5.92 Å². The predicted octanol–water partition coefficient (Wildman–Crippen LogP) is 1.97. The summed E-state index contributed by atoms with van der Waals surface area (Å²) in [4.78, 5) is 11.0. The Morgan fingerprint density at radius 3 is 2.60 bits per heavy atom. The lowest BCUT2D eigenvalue weighted by atomic mass is 10.0. The Bertz CT molecular complexity index is 585. The summed E-state index contributed by atoms with van der Waals surface area (Å²) in [6.45, 7) is 0.449. The fraction of sp³-hybridized carbons (Fsp3) is 0.462. The molecule has 1 aliphatic heterocycles. The van der Waals surface area contributed by atoms with Crippen LogP contribution in [0.15, 0.2) is 24.3 Å². The number of aliphatic carboxylic acids is 1. The number of rotatable bonds is 4. The summed E-state index contributed by atoms with van der Waals surface area (Å²) in [6.07, 6.45) is 1.11. The van der Waals surface area contributed by atoms with E-state index >= 15 is 0 Å². The first-order valence-corrected chi connectivity index (χ1v) is 8.32. The highest BCUT2D eigenvalue weighted by Crippen LogP contribution is 2.22. The Balaban J connectivity index is 2.09. The smallest absolute Gasteiger partial charge is 0.307 e. The van der Waals surface area contributed by atoms with Crippen LogP contribution in [0.3, 0.4) is 0 Å². The fourth-order valence-electron chi connectivity index (χ4n) is 2.28. The van der Waals surface area contributed by atoms with Crippen molar-refractivity contribution in [3.05, 3.63) is 34.9 Å². The van der Waals surface area contributed by atoms with Gasteiger partial charge in [-0.1, -0.05) is 23.7 Å². The van der Waals surface area contributed by atoms with Crippen LogP contribution in [-0.2, 0) is 20.6 Å². The molecule has 0 unspecified atom stereocenters. The van der Waals surface area contributed by atoms with Crippen molar-refractivity contribution < 1.29 is 18.3 Å². The minimum Gasteiger partial charge on any atom is -0.481 e. The molecule has 1 aromatic carbocycles. The number of nitrogens with zero attached hydrogens (tertiary/aromatic N) is 1. The van der Waals surface area contributed by atoms with Crippen LogP contribution in [0.5, 0.6) is 0 Å². The van der Waals surface area contributed by atoms with Crippen LogP contribution in [0.4, 0.5) is 0 Å². The Morgan fingerprint density at radius 2 is 2.00 bits per heavy atom. The minimum absolute atomic E-state index is 0.0608. The van der Waals surface area contributed by atoms with Gasteiger partial charge in [0.25, 0.3) is 0 Å². The van der Waals surface area contributed by atoms with Gasteiger partial charge in [-0.25, -0.2) is 12.7 Å². The van der Waals surface area contributed by atoms with E-state index in [4.69, 9.17) is 16.7 Å². The van der Waals surface area contributed by atoms with Crippen molar-refractivity contribution in [2.75, 3.05) is 13.1 Å². The van der Waals surface area contributed by atoms with Gasteiger partial charge in [0.2, 0.25) is 10.0 Å². The van der Waals surface area contributed by atoms with Crippen LogP contribution < -0.4 is 0 Å². The largest absolute Gasteiger partial charge is 0.481 e. The summed E-state index contributed by atoms with van der Waals surface area (Å²) in [5.41, 5.74) is 0.645. The van der Waals surface area contributed by atoms with Gasteiger partial charge in [-0.3, -0.25) is 4.79 Å². The lowest BCUT2D eigenvalue weighted by Gasteiger charge is -2.29. The molecular formula is C13H16ClNO4S. The number of carboxylic acids is 1. The zero-order valence-electron chi connectivity index (χ0n) is 10.8. The molecule has 0 bridgehead atoms. The number of piperidine rings is 1. The van der Waals surface area contributed by atoms with Gasteiger partial charge in [0.1, 0.15) is 0 Å². The van der Waals surface area contributed by atoms with Gasteiger partial charge in [-0.2, -0.15) is 0 Å². The normalized spacial score (nSPS) is 20.8. The molecule has 110 valence electrons. The molecule has 0 aromatic heterocycles. The first-order valence-electron chi connectivity index (χ1n) is 6.33. The van der Waals surface area contributed by atoms with Gasteiger partial charge in [0, 0.05) is 18.1 Å². The highest BCUT2D eigenvalue weighted by Gasteiger charge is 2.32. The molecule has 0 amide bonds. The van der Waals surface area contributed by atoms with Crippen molar-refractivity contribution in [2.24, 2.45) is 5.92 Å². The van der Waals surface area contributed by atoms with Crippen molar-refractivity contribution in [1.82, 2.24) is 4.31 Å². The fourth-order valence-corrected chi connectivity index (χ4v) is 4.02. The lowest BCUT2D eigenvalue weighted by molar-refractivity contribution is -0.142.